The van der Waals surface area contributed by atoms with E-state index in [1.54, 1.807) is 0 Å². The first-order valence-corrected chi connectivity index (χ1v) is 7.44. The first-order valence-electron chi connectivity index (χ1n) is 7.44. The third-order valence-electron chi connectivity index (χ3n) is 4.12. The molecule has 0 spiro atoms. The number of ether oxygens (including phenoxy) is 1. The maximum Gasteiger partial charge on any atom is 0.0594 e. The van der Waals surface area contributed by atoms with Crippen LogP contribution in [0.25, 0.3) is 0 Å². The molecule has 1 unspecified atom stereocenters. The fraction of sp³-hybridized carbons (Fsp3) is 1.00. The van der Waals surface area contributed by atoms with Gasteiger partial charge in [0.25, 0.3) is 0 Å². The number of likely N-dealkylation sites (N-methyl/N-ethyl adjacent to an activating group) is 1. The summed E-state index contributed by atoms with van der Waals surface area (Å²) in [5.74, 6) is 0. The van der Waals surface area contributed by atoms with Gasteiger partial charge in [0, 0.05) is 25.7 Å². The number of hydrogen-bond acceptors (Lipinski definition) is 4. The number of hydrogen-bond donors (Lipinski definition) is 0. The van der Waals surface area contributed by atoms with Crippen molar-refractivity contribution in [1.82, 2.24) is 14.7 Å². The average molecular weight is 255 g/mol. The molecule has 0 aromatic carbocycles. The minimum atomic E-state index is 0.828. The van der Waals surface area contributed by atoms with E-state index in [4.69, 9.17) is 4.74 Å². The van der Waals surface area contributed by atoms with Crippen LogP contribution in [-0.2, 0) is 4.74 Å². The van der Waals surface area contributed by atoms with Crippen LogP contribution >= 0.6 is 0 Å². The van der Waals surface area contributed by atoms with Gasteiger partial charge >= 0.3 is 0 Å². The summed E-state index contributed by atoms with van der Waals surface area (Å²) in [4.78, 5) is 7.46. The standard InChI is InChI=1S/C14H29N3O/c1-15(2)9-11-18-12-10-16-6-4-8-17-7-3-5-14(17)13-16/h14H,3-13H2,1-2H3. The quantitative estimate of drug-likeness (QED) is 0.652. The predicted octanol–water partition coefficient (Wildman–Crippen LogP) is 0.735. The summed E-state index contributed by atoms with van der Waals surface area (Å²) < 4.78 is 5.70. The van der Waals surface area contributed by atoms with E-state index in [0.717, 1.165) is 32.3 Å². The molecule has 106 valence electrons. The molecule has 4 nitrogen and oxygen atoms in total. The molecule has 4 heteroatoms. The normalized spacial score (nSPS) is 26.5. The Balaban J connectivity index is 1.60. The molecule has 2 saturated heterocycles. The van der Waals surface area contributed by atoms with Gasteiger partial charge in [0.2, 0.25) is 0 Å². The maximum absolute atomic E-state index is 5.70. The summed E-state index contributed by atoms with van der Waals surface area (Å²) in [6.07, 6.45) is 4.13. The Morgan fingerprint density at radius 2 is 1.94 bits per heavy atom. The largest absolute Gasteiger partial charge is 0.379 e. The number of rotatable bonds is 6. The summed E-state index contributed by atoms with van der Waals surface area (Å²) in [6.45, 7) is 9.03. The van der Waals surface area contributed by atoms with Gasteiger partial charge in [0.05, 0.1) is 13.2 Å². The maximum atomic E-state index is 5.70. The molecule has 0 aromatic rings. The second kappa shape index (κ2) is 7.43. The van der Waals surface area contributed by atoms with E-state index in [1.807, 2.05) is 0 Å². The van der Waals surface area contributed by atoms with E-state index in [0.29, 0.717) is 0 Å². The monoisotopic (exact) mass is 255 g/mol. The summed E-state index contributed by atoms with van der Waals surface area (Å²) in [5.41, 5.74) is 0. The van der Waals surface area contributed by atoms with E-state index in [-0.39, 0.29) is 0 Å². The summed E-state index contributed by atoms with van der Waals surface area (Å²) in [5, 5.41) is 0. The van der Waals surface area contributed by atoms with Crippen LogP contribution in [0.5, 0.6) is 0 Å². The van der Waals surface area contributed by atoms with Gasteiger partial charge in [-0.15, -0.1) is 0 Å². The van der Waals surface area contributed by atoms with E-state index in [1.165, 1.54) is 45.4 Å². The van der Waals surface area contributed by atoms with Crippen LogP contribution in [0.3, 0.4) is 0 Å². The second-order valence-electron chi connectivity index (χ2n) is 5.90. The van der Waals surface area contributed by atoms with E-state index in [9.17, 15) is 0 Å². The highest BCUT2D eigenvalue weighted by Gasteiger charge is 2.28. The Hall–Kier alpha value is -0.160. The van der Waals surface area contributed by atoms with Gasteiger partial charge < -0.3 is 9.64 Å². The Morgan fingerprint density at radius 1 is 1.11 bits per heavy atom. The van der Waals surface area contributed by atoms with Crippen LogP contribution in [0.15, 0.2) is 0 Å². The van der Waals surface area contributed by atoms with Crippen molar-refractivity contribution in [2.45, 2.75) is 25.3 Å². The molecule has 0 radical (unpaired) electrons. The molecule has 2 fully saturated rings. The molecule has 1 atom stereocenters. The van der Waals surface area contributed by atoms with Gasteiger partial charge in [0.15, 0.2) is 0 Å². The van der Waals surface area contributed by atoms with Crippen molar-refractivity contribution in [1.29, 1.82) is 0 Å². The third kappa shape index (κ3) is 4.50. The zero-order chi connectivity index (χ0) is 12.8. The summed E-state index contributed by atoms with van der Waals surface area (Å²) in [7, 11) is 4.18. The van der Waals surface area contributed by atoms with Gasteiger partial charge in [0.1, 0.15) is 0 Å². The molecule has 0 aliphatic carbocycles. The predicted molar refractivity (Wildman–Crippen MR) is 75.0 cm³/mol. The van der Waals surface area contributed by atoms with Crippen molar-refractivity contribution in [2.75, 3.05) is 66.6 Å². The minimum absolute atomic E-state index is 0.828. The Morgan fingerprint density at radius 3 is 2.78 bits per heavy atom. The molecule has 18 heavy (non-hydrogen) atoms. The highest BCUT2D eigenvalue weighted by atomic mass is 16.5. The molecular formula is C14H29N3O. The van der Waals surface area contributed by atoms with Crippen LogP contribution in [-0.4, -0.2) is 87.3 Å². The van der Waals surface area contributed by atoms with Gasteiger partial charge in [-0.25, -0.2) is 0 Å². The van der Waals surface area contributed by atoms with Crippen LogP contribution in [0, 0.1) is 0 Å². The lowest BCUT2D eigenvalue weighted by Crippen LogP contribution is -2.38. The molecule has 2 aliphatic heterocycles. The summed E-state index contributed by atoms with van der Waals surface area (Å²) >= 11 is 0. The Labute approximate surface area is 112 Å². The van der Waals surface area contributed by atoms with Gasteiger partial charge in [-0.3, -0.25) is 9.80 Å². The smallest absolute Gasteiger partial charge is 0.0594 e. The molecule has 2 aliphatic rings. The molecule has 2 rings (SSSR count). The average Bonchev–Trinajstić information content (AvgIpc) is 2.67. The van der Waals surface area contributed by atoms with Crippen LogP contribution in [0.2, 0.25) is 0 Å². The second-order valence-corrected chi connectivity index (χ2v) is 5.90. The molecule has 0 saturated carbocycles. The first-order chi connectivity index (χ1) is 8.75. The van der Waals surface area contributed by atoms with Crippen molar-refractivity contribution in [2.24, 2.45) is 0 Å². The fourth-order valence-corrected chi connectivity index (χ4v) is 3.03. The van der Waals surface area contributed by atoms with Crippen LogP contribution in [0.4, 0.5) is 0 Å². The molecule has 0 aromatic heterocycles. The lowest BCUT2D eigenvalue weighted by Gasteiger charge is -2.25. The Kier molecular flexibility index (Phi) is 5.89. The highest BCUT2D eigenvalue weighted by Crippen LogP contribution is 2.20. The molecular weight excluding hydrogens is 226 g/mol. The van der Waals surface area contributed by atoms with Crippen molar-refractivity contribution >= 4 is 0 Å². The molecule has 0 amide bonds. The van der Waals surface area contributed by atoms with Crippen molar-refractivity contribution in [3.8, 4) is 0 Å². The fourth-order valence-electron chi connectivity index (χ4n) is 3.03. The number of fused-ring (bicyclic) bond motifs is 1. The van der Waals surface area contributed by atoms with Gasteiger partial charge in [-0.05, 0) is 53.0 Å². The van der Waals surface area contributed by atoms with Crippen molar-refractivity contribution in [3.63, 3.8) is 0 Å². The zero-order valence-corrected chi connectivity index (χ0v) is 12.1. The highest BCUT2D eigenvalue weighted by molar-refractivity contribution is 4.84. The summed E-state index contributed by atoms with van der Waals surface area (Å²) in [6, 6.07) is 0.828. The van der Waals surface area contributed by atoms with E-state index < -0.39 is 0 Å². The first kappa shape index (κ1) is 14.3. The SMILES string of the molecule is CN(C)CCOCCN1CCCN2CCCC2C1. The van der Waals surface area contributed by atoms with Crippen LogP contribution < -0.4 is 0 Å². The van der Waals surface area contributed by atoms with E-state index >= 15 is 0 Å². The zero-order valence-electron chi connectivity index (χ0n) is 12.1. The van der Waals surface area contributed by atoms with Crippen molar-refractivity contribution < 1.29 is 4.74 Å². The van der Waals surface area contributed by atoms with E-state index in [2.05, 4.69) is 28.8 Å². The van der Waals surface area contributed by atoms with Crippen LogP contribution in [0.1, 0.15) is 19.3 Å². The van der Waals surface area contributed by atoms with Gasteiger partial charge in [-0.2, -0.15) is 0 Å². The lowest BCUT2D eigenvalue weighted by molar-refractivity contribution is 0.0900. The van der Waals surface area contributed by atoms with Gasteiger partial charge in [-0.1, -0.05) is 0 Å². The Bertz CT molecular complexity index is 235. The minimum Gasteiger partial charge on any atom is -0.379 e. The molecule has 0 bridgehead atoms. The van der Waals surface area contributed by atoms with Crippen molar-refractivity contribution in [3.05, 3.63) is 0 Å². The third-order valence-corrected chi connectivity index (χ3v) is 4.12. The lowest BCUT2D eigenvalue weighted by atomic mass is 10.2. The number of nitrogens with zero attached hydrogens (tertiary/aromatic N) is 3. The topological polar surface area (TPSA) is 19.0 Å². The molecule has 0 N–H and O–H groups in total. The molecule has 2 heterocycles.